The van der Waals surface area contributed by atoms with Gasteiger partial charge in [0.15, 0.2) is 5.16 Å². The van der Waals surface area contributed by atoms with Crippen LogP contribution in [0.15, 0.2) is 60.0 Å². The van der Waals surface area contributed by atoms with E-state index in [4.69, 9.17) is 0 Å². The Morgan fingerprint density at radius 2 is 1.96 bits per heavy atom. The standard InChI is InChI=1S/C19H19FN4OS/c1-14-6-8-16(9-7-14)24-13-22-23-19(24)26-12-18(25)21-11-10-15-4-2-3-5-17(15)20/h2-9,13H,10-12H2,1H3,(H,21,25). The van der Waals surface area contributed by atoms with Crippen molar-refractivity contribution in [3.05, 3.63) is 71.8 Å². The van der Waals surface area contributed by atoms with E-state index < -0.39 is 0 Å². The maximum atomic E-state index is 13.5. The van der Waals surface area contributed by atoms with Crippen molar-refractivity contribution in [3.63, 3.8) is 0 Å². The summed E-state index contributed by atoms with van der Waals surface area (Å²) < 4.78 is 15.4. The lowest BCUT2D eigenvalue weighted by Gasteiger charge is -2.08. The lowest BCUT2D eigenvalue weighted by Crippen LogP contribution is -2.27. The Morgan fingerprint density at radius 1 is 1.19 bits per heavy atom. The van der Waals surface area contributed by atoms with E-state index in [1.807, 2.05) is 35.8 Å². The minimum Gasteiger partial charge on any atom is -0.355 e. The van der Waals surface area contributed by atoms with E-state index in [-0.39, 0.29) is 17.5 Å². The van der Waals surface area contributed by atoms with Gasteiger partial charge in [-0.25, -0.2) is 4.39 Å². The fraction of sp³-hybridized carbons (Fsp3) is 0.211. The van der Waals surface area contributed by atoms with Gasteiger partial charge in [0.25, 0.3) is 0 Å². The smallest absolute Gasteiger partial charge is 0.230 e. The van der Waals surface area contributed by atoms with Crippen LogP contribution < -0.4 is 5.32 Å². The zero-order valence-electron chi connectivity index (χ0n) is 14.4. The van der Waals surface area contributed by atoms with Crippen LogP contribution in [0.5, 0.6) is 0 Å². The number of rotatable bonds is 7. The maximum Gasteiger partial charge on any atom is 0.230 e. The molecule has 1 heterocycles. The fourth-order valence-corrected chi connectivity index (χ4v) is 3.18. The molecule has 0 spiro atoms. The van der Waals surface area contributed by atoms with Gasteiger partial charge in [-0.15, -0.1) is 10.2 Å². The molecular formula is C19H19FN4OS. The molecule has 0 aliphatic heterocycles. The topological polar surface area (TPSA) is 59.8 Å². The van der Waals surface area contributed by atoms with Crippen LogP contribution in [0.1, 0.15) is 11.1 Å². The quantitative estimate of drug-likeness (QED) is 0.649. The zero-order valence-corrected chi connectivity index (χ0v) is 15.2. The highest BCUT2D eigenvalue weighted by Crippen LogP contribution is 2.19. The molecule has 1 amide bonds. The first-order valence-electron chi connectivity index (χ1n) is 8.23. The molecule has 0 atom stereocenters. The molecule has 0 bridgehead atoms. The molecular weight excluding hydrogens is 351 g/mol. The normalized spacial score (nSPS) is 10.7. The summed E-state index contributed by atoms with van der Waals surface area (Å²) in [6.07, 6.45) is 2.09. The number of halogens is 1. The third-order valence-electron chi connectivity index (χ3n) is 3.84. The predicted octanol–water partition coefficient (Wildman–Crippen LogP) is 3.17. The van der Waals surface area contributed by atoms with E-state index in [1.165, 1.54) is 23.4 Å². The van der Waals surface area contributed by atoms with Crippen LogP contribution in [0, 0.1) is 12.7 Å². The first-order chi connectivity index (χ1) is 12.6. The summed E-state index contributed by atoms with van der Waals surface area (Å²) in [5.41, 5.74) is 2.72. The number of thioether (sulfide) groups is 1. The highest BCUT2D eigenvalue weighted by molar-refractivity contribution is 7.99. The Morgan fingerprint density at radius 3 is 2.73 bits per heavy atom. The van der Waals surface area contributed by atoms with Gasteiger partial charge in [0.05, 0.1) is 5.75 Å². The lowest BCUT2D eigenvalue weighted by atomic mass is 10.1. The molecule has 1 N–H and O–H groups in total. The number of nitrogens with one attached hydrogen (secondary N) is 1. The van der Waals surface area contributed by atoms with Gasteiger partial charge >= 0.3 is 0 Å². The summed E-state index contributed by atoms with van der Waals surface area (Å²) in [7, 11) is 0. The summed E-state index contributed by atoms with van der Waals surface area (Å²) in [6.45, 7) is 2.42. The van der Waals surface area contributed by atoms with Crippen LogP contribution in [-0.4, -0.2) is 33.0 Å². The number of aromatic nitrogens is 3. The molecule has 3 rings (SSSR count). The van der Waals surface area contributed by atoms with E-state index in [1.54, 1.807) is 24.5 Å². The van der Waals surface area contributed by atoms with Crippen molar-refractivity contribution >= 4 is 17.7 Å². The molecule has 26 heavy (non-hydrogen) atoms. The van der Waals surface area contributed by atoms with Gasteiger partial charge in [0.1, 0.15) is 12.1 Å². The SMILES string of the molecule is Cc1ccc(-n2cnnc2SCC(=O)NCCc2ccccc2F)cc1. The van der Waals surface area contributed by atoms with Crippen molar-refractivity contribution in [1.29, 1.82) is 0 Å². The first kappa shape index (κ1) is 18.1. The van der Waals surface area contributed by atoms with E-state index in [0.717, 1.165) is 5.69 Å². The largest absolute Gasteiger partial charge is 0.355 e. The molecule has 3 aromatic rings. The molecule has 0 aliphatic carbocycles. The Bertz CT molecular complexity index is 879. The van der Waals surface area contributed by atoms with E-state index in [9.17, 15) is 9.18 Å². The molecule has 134 valence electrons. The predicted molar refractivity (Wildman–Crippen MR) is 99.9 cm³/mol. The Balaban J connectivity index is 1.50. The number of benzene rings is 2. The highest BCUT2D eigenvalue weighted by Gasteiger charge is 2.10. The van der Waals surface area contributed by atoms with Crippen molar-refractivity contribution in [1.82, 2.24) is 20.1 Å². The van der Waals surface area contributed by atoms with Gasteiger partial charge in [-0.3, -0.25) is 9.36 Å². The van der Waals surface area contributed by atoms with Crippen molar-refractivity contribution in [2.75, 3.05) is 12.3 Å². The van der Waals surface area contributed by atoms with Crippen LogP contribution in [0.4, 0.5) is 4.39 Å². The molecule has 0 radical (unpaired) electrons. The zero-order chi connectivity index (χ0) is 18.4. The number of carbonyl (C=O) groups is 1. The van der Waals surface area contributed by atoms with Crippen LogP contribution >= 0.6 is 11.8 Å². The third kappa shape index (κ3) is 4.70. The third-order valence-corrected chi connectivity index (χ3v) is 4.78. The summed E-state index contributed by atoms with van der Waals surface area (Å²) in [4.78, 5) is 12.0. The second kappa shape index (κ2) is 8.62. The number of hydrogen-bond donors (Lipinski definition) is 1. The van der Waals surface area contributed by atoms with E-state index in [2.05, 4.69) is 15.5 Å². The Kier molecular flexibility index (Phi) is 6.01. The maximum absolute atomic E-state index is 13.5. The average Bonchev–Trinajstić information content (AvgIpc) is 3.11. The number of amides is 1. The van der Waals surface area contributed by atoms with Crippen molar-refractivity contribution in [3.8, 4) is 5.69 Å². The van der Waals surface area contributed by atoms with E-state index >= 15 is 0 Å². The van der Waals surface area contributed by atoms with Gasteiger partial charge in [-0.2, -0.15) is 0 Å². The molecule has 1 aromatic heterocycles. The highest BCUT2D eigenvalue weighted by atomic mass is 32.2. The lowest BCUT2D eigenvalue weighted by molar-refractivity contribution is -0.118. The van der Waals surface area contributed by atoms with Gasteiger partial charge in [0, 0.05) is 12.2 Å². The van der Waals surface area contributed by atoms with Gasteiger partial charge in [-0.05, 0) is 37.1 Å². The van der Waals surface area contributed by atoms with Gasteiger partial charge in [-0.1, -0.05) is 47.7 Å². The second-order valence-corrected chi connectivity index (χ2v) is 6.74. The summed E-state index contributed by atoms with van der Waals surface area (Å²) in [6, 6.07) is 14.6. The van der Waals surface area contributed by atoms with Crippen LogP contribution in [0.2, 0.25) is 0 Å². The minimum absolute atomic E-state index is 0.121. The average molecular weight is 370 g/mol. The molecule has 5 nitrogen and oxygen atoms in total. The molecule has 0 fully saturated rings. The molecule has 0 aliphatic rings. The minimum atomic E-state index is -0.248. The summed E-state index contributed by atoms with van der Waals surface area (Å²) in [5.74, 6) is -0.144. The summed E-state index contributed by atoms with van der Waals surface area (Å²) in [5, 5.41) is 11.5. The van der Waals surface area contributed by atoms with Crippen molar-refractivity contribution < 1.29 is 9.18 Å². The first-order valence-corrected chi connectivity index (χ1v) is 9.22. The van der Waals surface area contributed by atoms with Crippen LogP contribution in [0.3, 0.4) is 0 Å². The number of nitrogens with zero attached hydrogens (tertiary/aromatic N) is 3. The monoisotopic (exact) mass is 370 g/mol. The van der Waals surface area contributed by atoms with Crippen molar-refractivity contribution in [2.24, 2.45) is 0 Å². The van der Waals surface area contributed by atoms with Crippen molar-refractivity contribution in [2.45, 2.75) is 18.5 Å². The van der Waals surface area contributed by atoms with E-state index in [0.29, 0.717) is 23.7 Å². The van der Waals surface area contributed by atoms with Crippen LogP contribution in [-0.2, 0) is 11.2 Å². The molecule has 0 saturated heterocycles. The molecule has 0 unspecified atom stereocenters. The van der Waals surface area contributed by atoms with Gasteiger partial charge < -0.3 is 5.32 Å². The number of hydrogen-bond acceptors (Lipinski definition) is 4. The summed E-state index contributed by atoms with van der Waals surface area (Å²) >= 11 is 1.31. The number of carbonyl (C=O) groups excluding carboxylic acids is 1. The second-order valence-electron chi connectivity index (χ2n) is 5.80. The molecule has 7 heteroatoms. The van der Waals surface area contributed by atoms with Crippen LogP contribution in [0.25, 0.3) is 5.69 Å². The Labute approximate surface area is 155 Å². The Hall–Kier alpha value is -2.67. The number of aryl methyl sites for hydroxylation is 1. The molecule has 2 aromatic carbocycles. The fourth-order valence-electron chi connectivity index (χ4n) is 2.42. The molecule has 0 saturated carbocycles. The van der Waals surface area contributed by atoms with Gasteiger partial charge in [0.2, 0.25) is 5.91 Å².